The van der Waals surface area contributed by atoms with E-state index in [0.717, 1.165) is 27.1 Å². The van der Waals surface area contributed by atoms with Gasteiger partial charge in [-0.3, -0.25) is 0 Å². The molecule has 1 aliphatic heterocycles. The molecule has 0 aliphatic carbocycles. The van der Waals surface area contributed by atoms with Gasteiger partial charge in [-0.25, -0.2) is 0 Å². The second-order valence-corrected chi connectivity index (χ2v) is 6.20. The number of thioether (sulfide) groups is 2. The summed E-state index contributed by atoms with van der Waals surface area (Å²) in [6, 6.07) is 7.85. The molecule has 0 fully saturated rings. The Morgan fingerprint density at radius 3 is 2.59 bits per heavy atom. The Hall–Kier alpha value is -0.250. The fraction of sp³-hybridized carbons (Fsp3) is 0.250. The van der Waals surface area contributed by atoms with Gasteiger partial charge in [-0.2, -0.15) is 4.99 Å². The second kappa shape index (κ2) is 6.62. The molecule has 0 spiro atoms. The van der Waals surface area contributed by atoms with Crippen molar-refractivity contribution in [2.24, 2.45) is 4.99 Å². The van der Waals surface area contributed by atoms with Gasteiger partial charge in [0.05, 0.1) is 5.16 Å². The summed E-state index contributed by atoms with van der Waals surface area (Å²) < 4.78 is 0. The first-order valence-corrected chi connectivity index (χ1v) is 7.90. The van der Waals surface area contributed by atoms with E-state index in [1.165, 1.54) is 11.3 Å². The van der Waals surface area contributed by atoms with Gasteiger partial charge in [0.15, 0.2) is 0 Å². The Bertz CT molecular complexity index is 475. The first-order chi connectivity index (χ1) is 8.31. The lowest BCUT2D eigenvalue weighted by atomic mass is 10.2. The lowest BCUT2D eigenvalue weighted by Gasteiger charge is -2.07. The predicted molar refractivity (Wildman–Crippen MR) is 82.9 cm³/mol. The molecule has 0 bridgehead atoms. The van der Waals surface area contributed by atoms with E-state index >= 15 is 0 Å². The summed E-state index contributed by atoms with van der Waals surface area (Å²) in [6.07, 6.45) is 1.18. The molecule has 5 heteroatoms. The van der Waals surface area contributed by atoms with Gasteiger partial charge in [0.25, 0.3) is 0 Å². The number of aliphatic imine (C=N–C) groups is 1. The first-order valence-electron chi connectivity index (χ1n) is 5.15. The van der Waals surface area contributed by atoms with Crippen LogP contribution in [-0.2, 0) is 0 Å². The lowest BCUT2D eigenvalue weighted by Crippen LogP contribution is -1.83. The van der Waals surface area contributed by atoms with E-state index < -0.39 is 0 Å². The van der Waals surface area contributed by atoms with Crippen LogP contribution >= 0.6 is 47.3 Å². The van der Waals surface area contributed by atoms with Crippen LogP contribution in [0.5, 0.6) is 0 Å². The maximum absolute atomic E-state index is 5.90. The fourth-order valence-corrected chi connectivity index (χ4v) is 4.08. The third kappa shape index (κ3) is 3.60. The van der Waals surface area contributed by atoms with Gasteiger partial charge >= 0.3 is 0 Å². The molecular weight excluding hydrogens is 290 g/mol. The van der Waals surface area contributed by atoms with E-state index in [1.807, 2.05) is 36.0 Å². The maximum atomic E-state index is 5.90. The molecule has 0 N–H and O–H groups in total. The summed E-state index contributed by atoms with van der Waals surface area (Å²) in [5, 5.41) is 4.19. The van der Waals surface area contributed by atoms with E-state index in [0.29, 0.717) is 0 Å². The summed E-state index contributed by atoms with van der Waals surface area (Å²) in [7, 11) is 0. The van der Waals surface area contributed by atoms with Crippen LogP contribution in [0.25, 0.3) is 4.91 Å². The number of nitrogens with zero attached hydrogens (tertiary/aromatic N) is 1. The van der Waals surface area contributed by atoms with Crippen LogP contribution in [0.3, 0.4) is 0 Å². The zero-order valence-electron chi connectivity index (χ0n) is 8.98. The second-order valence-electron chi connectivity index (χ2n) is 3.39. The van der Waals surface area contributed by atoms with Crippen molar-refractivity contribution in [3.63, 3.8) is 0 Å². The van der Waals surface area contributed by atoms with Crippen molar-refractivity contribution in [2.75, 3.05) is 11.5 Å². The number of isothiocyanates is 1. The average molecular weight is 300 g/mol. The molecule has 88 valence electrons. The molecule has 1 heterocycles. The predicted octanol–water partition coefficient (Wildman–Crippen LogP) is 4.94. The minimum absolute atomic E-state index is 0.750. The molecule has 2 rings (SSSR count). The molecule has 1 aromatic rings. The quantitative estimate of drug-likeness (QED) is 0.567. The summed E-state index contributed by atoms with van der Waals surface area (Å²) >= 11 is 14.2. The van der Waals surface area contributed by atoms with Gasteiger partial charge in [-0.15, -0.1) is 23.5 Å². The Labute approximate surface area is 120 Å². The monoisotopic (exact) mass is 299 g/mol. The van der Waals surface area contributed by atoms with Crippen LogP contribution in [0.4, 0.5) is 0 Å². The zero-order valence-corrected chi connectivity index (χ0v) is 12.2. The van der Waals surface area contributed by atoms with Gasteiger partial charge in [0, 0.05) is 15.7 Å². The molecule has 0 aromatic heterocycles. The number of rotatable bonds is 2. The van der Waals surface area contributed by atoms with Crippen LogP contribution < -0.4 is 0 Å². The molecular formula is C12H10ClNS3. The Morgan fingerprint density at radius 1 is 1.18 bits per heavy atom. The summed E-state index contributed by atoms with van der Waals surface area (Å²) in [5.74, 6) is 2.20. The molecule has 0 unspecified atom stereocenters. The van der Waals surface area contributed by atoms with E-state index in [1.54, 1.807) is 11.8 Å². The van der Waals surface area contributed by atoms with Crippen LogP contribution in [0.15, 0.2) is 34.3 Å². The Morgan fingerprint density at radius 2 is 1.88 bits per heavy atom. The number of hydrogen-bond donors (Lipinski definition) is 0. The van der Waals surface area contributed by atoms with Crippen LogP contribution in [0.1, 0.15) is 12.0 Å². The van der Waals surface area contributed by atoms with Gasteiger partial charge < -0.3 is 0 Å². The number of benzene rings is 1. The van der Waals surface area contributed by atoms with Crippen LogP contribution in [-0.4, -0.2) is 16.7 Å². The molecule has 0 saturated carbocycles. The van der Waals surface area contributed by atoms with Crippen molar-refractivity contribution in [3.8, 4) is 0 Å². The van der Waals surface area contributed by atoms with Crippen molar-refractivity contribution in [3.05, 3.63) is 39.9 Å². The molecule has 0 atom stereocenters. The Balaban J connectivity index is 2.42. The van der Waals surface area contributed by atoms with E-state index in [4.69, 9.17) is 23.8 Å². The van der Waals surface area contributed by atoms with Gasteiger partial charge in [-0.1, -0.05) is 23.7 Å². The highest BCUT2D eigenvalue weighted by Crippen LogP contribution is 2.40. The van der Waals surface area contributed by atoms with Gasteiger partial charge in [0.2, 0.25) is 0 Å². The summed E-state index contributed by atoms with van der Waals surface area (Å²) in [6.45, 7) is 0. The number of halogens is 1. The van der Waals surface area contributed by atoms with Crippen molar-refractivity contribution in [1.82, 2.24) is 0 Å². The standard InChI is InChI=1S/C12H10ClNS3/c13-10-4-2-9(3-5-10)11-12(14-8-15)17-7-1-6-16-11/h2-5H,1,6-7H2. The maximum Gasteiger partial charge on any atom is 0.121 e. The number of thiocarbonyl (C=S) groups is 1. The topological polar surface area (TPSA) is 12.4 Å². The van der Waals surface area contributed by atoms with Crippen molar-refractivity contribution >= 4 is 57.4 Å². The number of hydrogen-bond acceptors (Lipinski definition) is 4. The van der Waals surface area contributed by atoms with Crippen LogP contribution in [0, 0.1) is 0 Å². The highest BCUT2D eigenvalue weighted by molar-refractivity contribution is 8.11. The third-order valence-electron chi connectivity index (χ3n) is 2.22. The van der Waals surface area contributed by atoms with E-state index in [2.05, 4.69) is 10.2 Å². The molecule has 1 aliphatic rings. The van der Waals surface area contributed by atoms with Crippen LogP contribution in [0.2, 0.25) is 5.02 Å². The molecule has 1 nitrogen and oxygen atoms in total. The first kappa shape index (κ1) is 13.2. The summed E-state index contributed by atoms with van der Waals surface area (Å²) in [4.78, 5) is 5.36. The Kier molecular flexibility index (Phi) is 5.14. The van der Waals surface area contributed by atoms with E-state index in [-0.39, 0.29) is 0 Å². The highest BCUT2D eigenvalue weighted by Gasteiger charge is 2.13. The minimum Gasteiger partial charge on any atom is -0.186 e. The van der Waals surface area contributed by atoms with Gasteiger partial charge in [-0.05, 0) is 42.1 Å². The fourth-order valence-electron chi connectivity index (χ4n) is 1.46. The molecule has 0 amide bonds. The molecule has 17 heavy (non-hydrogen) atoms. The molecule has 0 saturated heterocycles. The average Bonchev–Trinajstić information content (AvgIpc) is 2.56. The molecule has 1 aromatic carbocycles. The van der Waals surface area contributed by atoms with Crippen molar-refractivity contribution in [2.45, 2.75) is 6.42 Å². The molecule has 0 radical (unpaired) electrons. The highest BCUT2D eigenvalue weighted by atomic mass is 35.5. The lowest BCUT2D eigenvalue weighted by molar-refractivity contribution is 1.13. The minimum atomic E-state index is 0.750. The zero-order chi connectivity index (χ0) is 12.1. The smallest absolute Gasteiger partial charge is 0.121 e. The normalized spacial score (nSPS) is 16.3. The van der Waals surface area contributed by atoms with Gasteiger partial charge in [0.1, 0.15) is 5.03 Å². The SMILES string of the molecule is S=C=NC1=C(c2ccc(Cl)cc2)SCCCS1. The van der Waals surface area contributed by atoms with Crippen molar-refractivity contribution < 1.29 is 0 Å². The third-order valence-corrected chi connectivity index (χ3v) is 4.97. The van der Waals surface area contributed by atoms with Crippen molar-refractivity contribution in [1.29, 1.82) is 0 Å². The van der Waals surface area contributed by atoms with E-state index in [9.17, 15) is 0 Å². The summed E-state index contributed by atoms with van der Waals surface area (Å²) in [5.41, 5.74) is 1.15. The largest absolute Gasteiger partial charge is 0.186 e.